The minimum Gasteiger partial charge on any atom is -0.343 e. The minimum absolute atomic E-state index is 0.0277. The van der Waals surface area contributed by atoms with Gasteiger partial charge >= 0.3 is 0 Å². The largest absolute Gasteiger partial charge is 0.343 e. The SMILES string of the molecule is Fc1ccc(C2=NC3=CN=C(Cl)NC3S2)cn1. The Morgan fingerprint density at radius 2 is 2.29 bits per heavy atom. The first-order valence-corrected chi connectivity index (χ1v) is 6.05. The molecular formula is C10H6ClFN4S. The third-order valence-corrected chi connectivity index (χ3v) is 3.62. The van der Waals surface area contributed by atoms with Crippen LogP contribution in [0.2, 0.25) is 0 Å². The van der Waals surface area contributed by atoms with E-state index in [0.29, 0.717) is 5.29 Å². The maximum absolute atomic E-state index is 12.7. The van der Waals surface area contributed by atoms with E-state index in [2.05, 4.69) is 20.3 Å². The summed E-state index contributed by atoms with van der Waals surface area (Å²) in [7, 11) is 0. The van der Waals surface area contributed by atoms with Crippen LogP contribution in [0.15, 0.2) is 40.2 Å². The number of halogens is 2. The van der Waals surface area contributed by atoms with Crippen LogP contribution in [0, 0.1) is 5.95 Å². The molecular weight excluding hydrogens is 263 g/mol. The molecule has 2 aliphatic rings. The predicted molar refractivity (Wildman–Crippen MR) is 66.6 cm³/mol. The number of nitrogens with one attached hydrogen (secondary N) is 1. The number of nitrogens with zero attached hydrogens (tertiary/aromatic N) is 3. The zero-order valence-corrected chi connectivity index (χ0v) is 9.96. The molecule has 0 aliphatic carbocycles. The van der Waals surface area contributed by atoms with Crippen LogP contribution in [0.4, 0.5) is 4.39 Å². The van der Waals surface area contributed by atoms with Crippen LogP contribution in [0.25, 0.3) is 0 Å². The van der Waals surface area contributed by atoms with E-state index in [1.165, 1.54) is 24.0 Å². The lowest BCUT2D eigenvalue weighted by atomic mass is 10.3. The van der Waals surface area contributed by atoms with Crippen molar-refractivity contribution in [2.24, 2.45) is 9.98 Å². The molecule has 0 fully saturated rings. The standard InChI is InChI=1S/C10H6ClFN4S/c11-10-14-4-6-9(16-10)17-8(15-6)5-1-2-7(12)13-3-5/h1-4,9H,(H,14,16). The molecule has 1 unspecified atom stereocenters. The van der Waals surface area contributed by atoms with Crippen LogP contribution in [0.3, 0.4) is 0 Å². The fourth-order valence-electron chi connectivity index (χ4n) is 1.48. The normalized spacial score (nSPS) is 22.2. The smallest absolute Gasteiger partial charge is 0.212 e. The number of amidine groups is 1. The van der Waals surface area contributed by atoms with Crippen molar-refractivity contribution in [2.45, 2.75) is 5.37 Å². The van der Waals surface area contributed by atoms with Gasteiger partial charge in [0.2, 0.25) is 5.95 Å². The Kier molecular flexibility index (Phi) is 2.60. The van der Waals surface area contributed by atoms with Gasteiger partial charge in [-0.3, -0.25) is 0 Å². The second kappa shape index (κ2) is 4.12. The van der Waals surface area contributed by atoms with Crippen LogP contribution in [0.1, 0.15) is 5.56 Å². The number of aliphatic imine (C=N–C) groups is 2. The lowest BCUT2D eigenvalue weighted by Gasteiger charge is -2.14. The summed E-state index contributed by atoms with van der Waals surface area (Å²) >= 11 is 7.27. The summed E-state index contributed by atoms with van der Waals surface area (Å²) in [6.45, 7) is 0. The average Bonchev–Trinajstić information content (AvgIpc) is 2.72. The molecule has 3 heterocycles. The highest BCUT2D eigenvalue weighted by atomic mass is 35.5. The topological polar surface area (TPSA) is 49.6 Å². The van der Waals surface area contributed by atoms with Crippen LogP contribution in [-0.4, -0.2) is 20.7 Å². The number of rotatable bonds is 1. The van der Waals surface area contributed by atoms with Gasteiger partial charge in [-0.1, -0.05) is 11.8 Å². The average molecular weight is 269 g/mol. The van der Waals surface area contributed by atoms with Crippen LogP contribution in [0.5, 0.6) is 0 Å². The van der Waals surface area contributed by atoms with Gasteiger partial charge in [0.15, 0.2) is 5.29 Å². The highest BCUT2D eigenvalue weighted by Gasteiger charge is 2.28. The minimum atomic E-state index is -0.501. The maximum atomic E-state index is 12.7. The van der Waals surface area contributed by atoms with E-state index in [4.69, 9.17) is 11.6 Å². The Morgan fingerprint density at radius 1 is 1.41 bits per heavy atom. The quantitative estimate of drug-likeness (QED) is 0.627. The third-order valence-electron chi connectivity index (χ3n) is 2.26. The van der Waals surface area contributed by atoms with Crippen molar-refractivity contribution in [3.05, 3.63) is 41.7 Å². The first-order chi connectivity index (χ1) is 8.22. The molecule has 7 heteroatoms. The van der Waals surface area contributed by atoms with E-state index < -0.39 is 5.95 Å². The number of aromatic nitrogens is 1. The second-order valence-electron chi connectivity index (χ2n) is 3.40. The highest BCUT2D eigenvalue weighted by molar-refractivity contribution is 8.15. The van der Waals surface area contributed by atoms with Gasteiger partial charge in [0.05, 0.1) is 11.9 Å². The summed E-state index contributed by atoms with van der Waals surface area (Å²) in [6.07, 6.45) is 3.09. The Morgan fingerprint density at radius 3 is 3.06 bits per heavy atom. The van der Waals surface area contributed by atoms with Crippen molar-refractivity contribution in [1.29, 1.82) is 0 Å². The van der Waals surface area contributed by atoms with Crippen molar-refractivity contribution in [3.8, 4) is 0 Å². The lowest BCUT2D eigenvalue weighted by molar-refractivity contribution is 0.583. The van der Waals surface area contributed by atoms with Gasteiger partial charge in [-0.2, -0.15) is 4.39 Å². The summed E-state index contributed by atoms with van der Waals surface area (Å²) in [5.74, 6) is -0.501. The molecule has 2 aliphatic heterocycles. The van der Waals surface area contributed by atoms with Crippen molar-refractivity contribution in [1.82, 2.24) is 10.3 Å². The number of hydrogen-bond donors (Lipinski definition) is 1. The zero-order valence-electron chi connectivity index (χ0n) is 8.39. The molecule has 86 valence electrons. The molecule has 1 aromatic rings. The molecule has 0 bridgehead atoms. The fraction of sp³-hybridized carbons (Fsp3) is 0.100. The van der Waals surface area contributed by atoms with Crippen molar-refractivity contribution in [3.63, 3.8) is 0 Å². The summed E-state index contributed by atoms with van der Waals surface area (Å²) in [6, 6.07) is 2.96. The Hall–Kier alpha value is -1.40. The van der Waals surface area contributed by atoms with E-state index >= 15 is 0 Å². The monoisotopic (exact) mass is 268 g/mol. The van der Waals surface area contributed by atoms with Gasteiger partial charge in [-0.15, -0.1) is 0 Å². The summed E-state index contributed by atoms with van der Waals surface area (Å²) in [5, 5.41) is 4.09. The van der Waals surface area contributed by atoms with Crippen LogP contribution < -0.4 is 5.32 Å². The van der Waals surface area contributed by atoms with Gasteiger partial charge in [0, 0.05) is 11.8 Å². The third kappa shape index (κ3) is 2.05. The molecule has 0 saturated heterocycles. The number of thioether (sulfide) groups is 1. The molecule has 0 amide bonds. The molecule has 0 saturated carbocycles. The molecule has 17 heavy (non-hydrogen) atoms. The molecule has 4 nitrogen and oxygen atoms in total. The van der Waals surface area contributed by atoms with Gasteiger partial charge in [0.25, 0.3) is 0 Å². The summed E-state index contributed by atoms with van der Waals surface area (Å²) < 4.78 is 12.7. The molecule has 1 N–H and O–H groups in total. The molecule has 1 atom stereocenters. The number of fused-ring (bicyclic) bond motifs is 1. The van der Waals surface area contributed by atoms with E-state index in [0.717, 1.165) is 16.3 Å². The Labute approximate surface area is 106 Å². The molecule has 0 radical (unpaired) electrons. The van der Waals surface area contributed by atoms with Gasteiger partial charge < -0.3 is 5.32 Å². The Balaban J connectivity index is 1.91. The molecule has 0 spiro atoms. The second-order valence-corrected chi connectivity index (χ2v) is 4.85. The van der Waals surface area contributed by atoms with E-state index in [-0.39, 0.29) is 5.37 Å². The fourth-order valence-corrected chi connectivity index (χ4v) is 2.74. The van der Waals surface area contributed by atoms with E-state index in [1.807, 2.05) is 0 Å². The lowest BCUT2D eigenvalue weighted by Crippen LogP contribution is -2.31. The van der Waals surface area contributed by atoms with E-state index in [1.54, 1.807) is 12.3 Å². The first-order valence-electron chi connectivity index (χ1n) is 4.79. The predicted octanol–water partition coefficient (Wildman–Crippen LogP) is 2.08. The van der Waals surface area contributed by atoms with Gasteiger partial charge in [-0.25, -0.2) is 15.0 Å². The van der Waals surface area contributed by atoms with E-state index in [9.17, 15) is 4.39 Å². The Bertz CT molecular complexity index is 552. The molecule has 0 aromatic carbocycles. The van der Waals surface area contributed by atoms with Gasteiger partial charge in [-0.05, 0) is 23.7 Å². The van der Waals surface area contributed by atoms with Crippen LogP contribution in [-0.2, 0) is 0 Å². The highest BCUT2D eigenvalue weighted by Crippen LogP contribution is 2.32. The molecule has 1 aromatic heterocycles. The van der Waals surface area contributed by atoms with Crippen molar-refractivity contribution in [2.75, 3.05) is 0 Å². The first kappa shape index (κ1) is 10.7. The summed E-state index contributed by atoms with van der Waals surface area (Å²) in [4.78, 5) is 11.9. The molecule has 3 rings (SSSR count). The number of hydrogen-bond acceptors (Lipinski definition) is 5. The summed E-state index contributed by atoms with van der Waals surface area (Å²) in [5.41, 5.74) is 1.59. The maximum Gasteiger partial charge on any atom is 0.212 e. The van der Waals surface area contributed by atoms with Crippen LogP contribution >= 0.6 is 23.4 Å². The number of pyridine rings is 1. The zero-order chi connectivity index (χ0) is 11.8. The van der Waals surface area contributed by atoms with Crippen molar-refractivity contribution < 1.29 is 4.39 Å². The van der Waals surface area contributed by atoms with Gasteiger partial charge in [0.1, 0.15) is 10.4 Å². The van der Waals surface area contributed by atoms with Crippen molar-refractivity contribution >= 4 is 33.7 Å².